The lowest BCUT2D eigenvalue weighted by molar-refractivity contribution is 0.202. The summed E-state index contributed by atoms with van der Waals surface area (Å²) in [5, 5.41) is 4.24. The second kappa shape index (κ2) is 4.27. The van der Waals surface area contributed by atoms with Gasteiger partial charge < -0.3 is 5.32 Å². The fourth-order valence-corrected chi connectivity index (χ4v) is 2.03. The van der Waals surface area contributed by atoms with Crippen LogP contribution < -0.4 is 5.32 Å². The lowest BCUT2D eigenvalue weighted by Gasteiger charge is -2.33. The second-order valence-electron chi connectivity index (χ2n) is 3.54. The standard InChI is InChI=1S/C10H15ClN2/c11-9-1-3-10(4-2-9)13-7-5-12-6-8-13/h1-3,10,12H,4-8H2/t10-/m1/s1. The fraction of sp³-hybridized carbons (Fsp3) is 0.600. The zero-order chi connectivity index (χ0) is 9.10. The molecule has 1 atom stereocenters. The Kier molecular flexibility index (Phi) is 3.04. The first kappa shape index (κ1) is 9.25. The first-order valence-electron chi connectivity index (χ1n) is 4.85. The van der Waals surface area contributed by atoms with Crippen LogP contribution in [0.4, 0.5) is 0 Å². The minimum atomic E-state index is 0.574. The second-order valence-corrected chi connectivity index (χ2v) is 3.97. The number of hydrogen-bond donors (Lipinski definition) is 1. The molecule has 72 valence electrons. The molecule has 0 amide bonds. The van der Waals surface area contributed by atoms with Crippen LogP contribution in [0.15, 0.2) is 23.3 Å². The molecule has 1 aliphatic heterocycles. The van der Waals surface area contributed by atoms with Crippen molar-refractivity contribution in [1.82, 2.24) is 10.2 Å². The van der Waals surface area contributed by atoms with Crippen molar-refractivity contribution in [3.8, 4) is 0 Å². The molecule has 1 N–H and O–H groups in total. The van der Waals surface area contributed by atoms with E-state index >= 15 is 0 Å². The average Bonchev–Trinajstić information content (AvgIpc) is 2.20. The summed E-state index contributed by atoms with van der Waals surface area (Å²) in [6.45, 7) is 4.53. The van der Waals surface area contributed by atoms with Gasteiger partial charge in [0.25, 0.3) is 0 Å². The number of nitrogens with zero attached hydrogens (tertiary/aromatic N) is 1. The zero-order valence-electron chi connectivity index (χ0n) is 7.67. The smallest absolute Gasteiger partial charge is 0.0364 e. The molecule has 1 fully saturated rings. The van der Waals surface area contributed by atoms with Crippen LogP contribution in [-0.2, 0) is 0 Å². The van der Waals surface area contributed by atoms with Crippen molar-refractivity contribution in [3.63, 3.8) is 0 Å². The summed E-state index contributed by atoms with van der Waals surface area (Å²) < 4.78 is 0. The monoisotopic (exact) mass is 198 g/mol. The van der Waals surface area contributed by atoms with Crippen molar-refractivity contribution in [2.45, 2.75) is 12.5 Å². The van der Waals surface area contributed by atoms with Crippen LogP contribution in [0, 0.1) is 0 Å². The van der Waals surface area contributed by atoms with E-state index in [1.807, 2.05) is 6.08 Å². The molecule has 0 aromatic heterocycles. The fourth-order valence-electron chi connectivity index (χ4n) is 1.87. The van der Waals surface area contributed by atoms with Gasteiger partial charge in [-0.3, -0.25) is 4.90 Å². The van der Waals surface area contributed by atoms with Crippen LogP contribution in [0.5, 0.6) is 0 Å². The van der Waals surface area contributed by atoms with Crippen LogP contribution in [0.25, 0.3) is 0 Å². The first-order valence-corrected chi connectivity index (χ1v) is 5.23. The van der Waals surface area contributed by atoms with Gasteiger partial charge in [0.05, 0.1) is 0 Å². The van der Waals surface area contributed by atoms with Crippen LogP contribution in [0.1, 0.15) is 6.42 Å². The number of piperazine rings is 1. The number of allylic oxidation sites excluding steroid dienone is 2. The van der Waals surface area contributed by atoms with Gasteiger partial charge in [0, 0.05) is 37.3 Å². The highest BCUT2D eigenvalue weighted by molar-refractivity contribution is 6.31. The van der Waals surface area contributed by atoms with Gasteiger partial charge in [0.2, 0.25) is 0 Å². The summed E-state index contributed by atoms with van der Waals surface area (Å²) in [4.78, 5) is 2.51. The maximum atomic E-state index is 5.86. The Morgan fingerprint density at radius 2 is 2.15 bits per heavy atom. The Morgan fingerprint density at radius 3 is 2.77 bits per heavy atom. The molecular formula is C10H15ClN2. The van der Waals surface area contributed by atoms with Crippen molar-refractivity contribution in [2.75, 3.05) is 26.2 Å². The molecule has 1 aliphatic carbocycles. The zero-order valence-corrected chi connectivity index (χ0v) is 8.43. The van der Waals surface area contributed by atoms with E-state index in [2.05, 4.69) is 22.4 Å². The van der Waals surface area contributed by atoms with Gasteiger partial charge in [-0.2, -0.15) is 0 Å². The van der Waals surface area contributed by atoms with Gasteiger partial charge in [-0.1, -0.05) is 23.8 Å². The summed E-state index contributed by atoms with van der Waals surface area (Å²) in [5.74, 6) is 0. The maximum absolute atomic E-state index is 5.86. The Labute approximate surface area is 84.2 Å². The van der Waals surface area contributed by atoms with E-state index < -0.39 is 0 Å². The van der Waals surface area contributed by atoms with Crippen molar-refractivity contribution < 1.29 is 0 Å². The highest BCUT2D eigenvalue weighted by atomic mass is 35.5. The summed E-state index contributed by atoms with van der Waals surface area (Å²) in [5.41, 5.74) is 0. The van der Waals surface area contributed by atoms with Crippen molar-refractivity contribution in [2.24, 2.45) is 0 Å². The Morgan fingerprint density at radius 1 is 1.38 bits per heavy atom. The third kappa shape index (κ3) is 2.33. The average molecular weight is 199 g/mol. The minimum Gasteiger partial charge on any atom is -0.314 e. The molecule has 0 aromatic carbocycles. The molecule has 0 saturated carbocycles. The molecule has 1 heterocycles. The largest absolute Gasteiger partial charge is 0.314 e. The third-order valence-electron chi connectivity index (χ3n) is 2.65. The van der Waals surface area contributed by atoms with Crippen molar-refractivity contribution in [3.05, 3.63) is 23.3 Å². The molecule has 0 aromatic rings. The third-order valence-corrected chi connectivity index (χ3v) is 2.93. The van der Waals surface area contributed by atoms with Gasteiger partial charge >= 0.3 is 0 Å². The Hall–Kier alpha value is -0.310. The first-order chi connectivity index (χ1) is 6.36. The predicted octanol–water partition coefficient (Wildman–Crippen LogP) is 1.34. The maximum Gasteiger partial charge on any atom is 0.0364 e. The summed E-state index contributed by atoms with van der Waals surface area (Å²) in [6, 6.07) is 0.574. The summed E-state index contributed by atoms with van der Waals surface area (Å²) in [6.07, 6.45) is 7.40. The highest BCUT2D eigenvalue weighted by Gasteiger charge is 2.18. The van der Waals surface area contributed by atoms with Gasteiger partial charge in [-0.15, -0.1) is 0 Å². The van der Waals surface area contributed by atoms with E-state index in [0.717, 1.165) is 37.6 Å². The molecule has 0 radical (unpaired) electrons. The summed E-state index contributed by atoms with van der Waals surface area (Å²) >= 11 is 5.86. The lowest BCUT2D eigenvalue weighted by atomic mass is 10.1. The summed E-state index contributed by atoms with van der Waals surface area (Å²) in [7, 11) is 0. The van der Waals surface area contributed by atoms with Crippen LogP contribution >= 0.6 is 11.6 Å². The Balaban J connectivity index is 1.91. The topological polar surface area (TPSA) is 15.3 Å². The van der Waals surface area contributed by atoms with E-state index in [1.165, 1.54) is 0 Å². The molecule has 3 heteroatoms. The van der Waals surface area contributed by atoms with Crippen LogP contribution in [0.3, 0.4) is 0 Å². The molecule has 1 saturated heterocycles. The van der Waals surface area contributed by atoms with E-state index in [9.17, 15) is 0 Å². The Bertz CT molecular complexity index is 229. The molecular weight excluding hydrogens is 184 g/mol. The molecule has 13 heavy (non-hydrogen) atoms. The quantitative estimate of drug-likeness (QED) is 0.684. The number of nitrogens with one attached hydrogen (secondary N) is 1. The number of rotatable bonds is 1. The number of hydrogen-bond acceptors (Lipinski definition) is 2. The lowest BCUT2D eigenvalue weighted by Crippen LogP contribution is -2.47. The SMILES string of the molecule is ClC1=CC[C@H](N2CCNCC2)C=C1. The van der Waals surface area contributed by atoms with Gasteiger partial charge in [-0.05, 0) is 12.5 Å². The van der Waals surface area contributed by atoms with Gasteiger partial charge in [0.1, 0.15) is 0 Å². The minimum absolute atomic E-state index is 0.574. The van der Waals surface area contributed by atoms with E-state index in [0.29, 0.717) is 6.04 Å². The molecule has 2 nitrogen and oxygen atoms in total. The van der Waals surface area contributed by atoms with E-state index in [-0.39, 0.29) is 0 Å². The number of halogens is 1. The van der Waals surface area contributed by atoms with Gasteiger partial charge in [0.15, 0.2) is 0 Å². The van der Waals surface area contributed by atoms with Crippen LogP contribution in [-0.4, -0.2) is 37.1 Å². The molecule has 0 spiro atoms. The van der Waals surface area contributed by atoms with Crippen molar-refractivity contribution in [1.29, 1.82) is 0 Å². The predicted molar refractivity (Wildman–Crippen MR) is 55.9 cm³/mol. The van der Waals surface area contributed by atoms with E-state index in [1.54, 1.807) is 0 Å². The van der Waals surface area contributed by atoms with Gasteiger partial charge in [-0.25, -0.2) is 0 Å². The molecule has 2 aliphatic rings. The highest BCUT2D eigenvalue weighted by Crippen LogP contribution is 2.18. The van der Waals surface area contributed by atoms with Crippen LogP contribution in [0.2, 0.25) is 0 Å². The molecule has 2 rings (SSSR count). The normalized spacial score (nSPS) is 30.2. The van der Waals surface area contributed by atoms with Crippen molar-refractivity contribution >= 4 is 11.6 Å². The molecule has 0 unspecified atom stereocenters. The van der Waals surface area contributed by atoms with E-state index in [4.69, 9.17) is 11.6 Å². The molecule has 0 bridgehead atoms.